The molecule has 0 fully saturated rings. The summed E-state index contributed by atoms with van der Waals surface area (Å²) in [5, 5.41) is 20.8. The van der Waals surface area contributed by atoms with E-state index < -0.39 is 12.2 Å². The van der Waals surface area contributed by atoms with Gasteiger partial charge in [0.1, 0.15) is 5.75 Å². The molecule has 0 saturated carbocycles. The van der Waals surface area contributed by atoms with Crippen LogP contribution in [0.1, 0.15) is 75.7 Å². The number of hydrogen-bond donors (Lipinski definition) is 2. The van der Waals surface area contributed by atoms with Crippen LogP contribution in [0.15, 0.2) is 18.2 Å². The van der Waals surface area contributed by atoms with E-state index in [0.717, 1.165) is 43.2 Å². The Morgan fingerprint density at radius 3 is 2.15 bits per heavy atom. The number of aliphatic hydroxyl groups is 2. The van der Waals surface area contributed by atoms with Crippen molar-refractivity contribution in [2.24, 2.45) is 0 Å². The van der Waals surface area contributed by atoms with Crippen LogP contribution in [0.25, 0.3) is 0 Å². The van der Waals surface area contributed by atoms with Crippen LogP contribution in [0.2, 0.25) is 0 Å². The van der Waals surface area contributed by atoms with Crippen molar-refractivity contribution >= 4 is 0 Å². The van der Waals surface area contributed by atoms with E-state index in [1.165, 1.54) is 0 Å². The van der Waals surface area contributed by atoms with Crippen molar-refractivity contribution in [1.29, 1.82) is 0 Å². The fourth-order valence-electron chi connectivity index (χ4n) is 2.48. The predicted molar refractivity (Wildman–Crippen MR) is 82.0 cm³/mol. The normalized spacial score (nSPS) is 14.1. The number of rotatable bonds is 9. The monoisotopic (exact) mass is 280 g/mol. The Labute approximate surface area is 122 Å². The molecular formula is C17H28O3. The standard InChI is InChI=1S/C17H28O3/c1-4-6-10-14(18)13-9-8-12-16(20-3)17(13)15(19)11-7-5-2/h8-9,12,14-15,18-19H,4-7,10-11H2,1-3H3. The van der Waals surface area contributed by atoms with Gasteiger partial charge in [-0.1, -0.05) is 51.7 Å². The van der Waals surface area contributed by atoms with Crippen LogP contribution in [0.5, 0.6) is 5.75 Å². The molecule has 3 heteroatoms. The summed E-state index contributed by atoms with van der Waals surface area (Å²) in [4.78, 5) is 0. The Balaban J connectivity index is 3.03. The van der Waals surface area contributed by atoms with Crippen molar-refractivity contribution in [1.82, 2.24) is 0 Å². The molecule has 2 atom stereocenters. The first-order valence-electron chi connectivity index (χ1n) is 7.68. The van der Waals surface area contributed by atoms with Gasteiger partial charge in [0.15, 0.2) is 0 Å². The second-order valence-corrected chi connectivity index (χ2v) is 5.28. The minimum absolute atomic E-state index is 0.531. The van der Waals surface area contributed by atoms with Gasteiger partial charge >= 0.3 is 0 Å². The zero-order valence-electron chi connectivity index (χ0n) is 12.9. The molecule has 0 radical (unpaired) electrons. The summed E-state index contributed by atoms with van der Waals surface area (Å²) in [6.07, 6.45) is 4.34. The SMILES string of the molecule is CCCCC(O)c1cccc(OC)c1C(O)CCCC. The first-order chi connectivity index (χ1) is 9.65. The molecule has 20 heavy (non-hydrogen) atoms. The summed E-state index contributed by atoms with van der Waals surface area (Å²) in [6, 6.07) is 5.62. The second-order valence-electron chi connectivity index (χ2n) is 5.28. The van der Waals surface area contributed by atoms with E-state index in [2.05, 4.69) is 13.8 Å². The molecular weight excluding hydrogens is 252 g/mol. The molecule has 1 aromatic rings. The van der Waals surface area contributed by atoms with Crippen LogP contribution in [0.4, 0.5) is 0 Å². The highest BCUT2D eigenvalue weighted by Crippen LogP contribution is 2.36. The van der Waals surface area contributed by atoms with E-state index in [1.807, 2.05) is 18.2 Å². The van der Waals surface area contributed by atoms with Crippen LogP contribution in [-0.2, 0) is 0 Å². The van der Waals surface area contributed by atoms with E-state index in [9.17, 15) is 10.2 Å². The van der Waals surface area contributed by atoms with Gasteiger partial charge in [0.2, 0.25) is 0 Å². The molecule has 0 aliphatic carbocycles. The first kappa shape index (κ1) is 17.0. The molecule has 0 aliphatic rings. The molecule has 1 aromatic carbocycles. The summed E-state index contributed by atoms with van der Waals surface area (Å²) < 4.78 is 5.37. The molecule has 114 valence electrons. The summed E-state index contributed by atoms with van der Waals surface area (Å²) >= 11 is 0. The van der Waals surface area contributed by atoms with Gasteiger partial charge in [-0.25, -0.2) is 0 Å². The van der Waals surface area contributed by atoms with Gasteiger partial charge in [-0.2, -0.15) is 0 Å². The average molecular weight is 280 g/mol. The highest BCUT2D eigenvalue weighted by molar-refractivity contribution is 5.43. The van der Waals surface area contributed by atoms with Crippen LogP contribution in [0.3, 0.4) is 0 Å². The van der Waals surface area contributed by atoms with Crippen molar-refractivity contribution in [3.63, 3.8) is 0 Å². The number of hydrogen-bond acceptors (Lipinski definition) is 3. The quantitative estimate of drug-likeness (QED) is 0.714. The molecule has 0 heterocycles. The molecule has 0 aromatic heterocycles. The zero-order chi connectivity index (χ0) is 15.0. The van der Waals surface area contributed by atoms with Gasteiger partial charge in [-0.3, -0.25) is 0 Å². The maximum Gasteiger partial charge on any atom is 0.125 e. The molecule has 2 unspecified atom stereocenters. The third-order valence-electron chi connectivity index (χ3n) is 3.67. The van der Waals surface area contributed by atoms with Gasteiger partial charge in [0.25, 0.3) is 0 Å². The minimum atomic E-state index is -0.572. The molecule has 0 aliphatic heterocycles. The fourth-order valence-corrected chi connectivity index (χ4v) is 2.48. The molecule has 2 N–H and O–H groups in total. The van der Waals surface area contributed by atoms with Crippen molar-refractivity contribution in [3.8, 4) is 5.75 Å². The number of unbranched alkanes of at least 4 members (excludes halogenated alkanes) is 2. The number of aliphatic hydroxyl groups excluding tert-OH is 2. The van der Waals surface area contributed by atoms with Gasteiger partial charge < -0.3 is 14.9 Å². The summed E-state index contributed by atoms with van der Waals surface area (Å²) in [6.45, 7) is 4.21. The van der Waals surface area contributed by atoms with Gasteiger partial charge in [0.05, 0.1) is 19.3 Å². The Bertz CT molecular complexity index is 390. The van der Waals surface area contributed by atoms with Gasteiger partial charge in [-0.15, -0.1) is 0 Å². The van der Waals surface area contributed by atoms with E-state index in [1.54, 1.807) is 7.11 Å². The molecule has 3 nitrogen and oxygen atoms in total. The number of benzene rings is 1. The maximum absolute atomic E-state index is 10.4. The Kier molecular flexibility index (Phi) is 7.63. The third kappa shape index (κ3) is 4.50. The Morgan fingerprint density at radius 1 is 1.00 bits per heavy atom. The largest absolute Gasteiger partial charge is 0.496 e. The minimum Gasteiger partial charge on any atom is -0.496 e. The lowest BCUT2D eigenvalue weighted by Gasteiger charge is -2.22. The second kappa shape index (κ2) is 8.98. The third-order valence-corrected chi connectivity index (χ3v) is 3.67. The van der Waals surface area contributed by atoms with Crippen molar-refractivity contribution in [2.45, 2.75) is 64.6 Å². The lowest BCUT2D eigenvalue weighted by atomic mass is 9.92. The Morgan fingerprint density at radius 2 is 1.60 bits per heavy atom. The summed E-state index contributed by atoms with van der Waals surface area (Å²) in [5.41, 5.74) is 1.56. The summed E-state index contributed by atoms with van der Waals surface area (Å²) in [5.74, 6) is 0.668. The van der Waals surface area contributed by atoms with Gasteiger partial charge in [0, 0.05) is 5.56 Å². The zero-order valence-corrected chi connectivity index (χ0v) is 12.9. The van der Waals surface area contributed by atoms with Gasteiger partial charge in [-0.05, 0) is 24.5 Å². The smallest absolute Gasteiger partial charge is 0.125 e. The number of methoxy groups -OCH3 is 1. The first-order valence-corrected chi connectivity index (χ1v) is 7.68. The highest BCUT2D eigenvalue weighted by atomic mass is 16.5. The molecule has 0 amide bonds. The number of ether oxygens (including phenoxy) is 1. The van der Waals surface area contributed by atoms with Crippen molar-refractivity contribution in [2.75, 3.05) is 7.11 Å². The van der Waals surface area contributed by atoms with E-state index >= 15 is 0 Å². The lowest BCUT2D eigenvalue weighted by molar-refractivity contribution is 0.138. The maximum atomic E-state index is 10.4. The van der Waals surface area contributed by atoms with Crippen molar-refractivity contribution < 1.29 is 14.9 Å². The summed E-state index contributed by atoms with van der Waals surface area (Å²) in [7, 11) is 1.60. The van der Waals surface area contributed by atoms with E-state index in [4.69, 9.17) is 4.74 Å². The average Bonchev–Trinajstić information content (AvgIpc) is 2.49. The van der Waals surface area contributed by atoms with E-state index in [0.29, 0.717) is 12.2 Å². The van der Waals surface area contributed by atoms with Crippen LogP contribution in [0, 0.1) is 0 Å². The van der Waals surface area contributed by atoms with Crippen LogP contribution >= 0.6 is 0 Å². The molecule has 0 bridgehead atoms. The predicted octanol–water partition coefficient (Wildman–Crippen LogP) is 4.14. The molecule has 0 spiro atoms. The van der Waals surface area contributed by atoms with Crippen molar-refractivity contribution in [3.05, 3.63) is 29.3 Å². The Hall–Kier alpha value is -1.06. The van der Waals surface area contributed by atoms with Crippen LogP contribution < -0.4 is 4.74 Å². The fraction of sp³-hybridized carbons (Fsp3) is 0.647. The van der Waals surface area contributed by atoms with Crippen LogP contribution in [-0.4, -0.2) is 17.3 Å². The topological polar surface area (TPSA) is 49.7 Å². The van der Waals surface area contributed by atoms with E-state index in [-0.39, 0.29) is 0 Å². The highest BCUT2D eigenvalue weighted by Gasteiger charge is 2.21. The lowest BCUT2D eigenvalue weighted by Crippen LogP contribution is -2.09. The molecule has 0 saturated heterocycles. The molecule has 1 rings (SSSR count).